The minimum Gasteiger partial charge on any atom is -0.493 e. The molecule has 190 valence electrons. The maximum atomic E-state index is 14.2. The Morgan fingerprint density at radius 3 is 2.36 bits per heavy atom. The molecule has 3 aliphatic heterocycles. The van der Waals surface area contributed by atoms with Crippen LogP contribution in [0.3, 0.4) is 0 Å². The third kappa shape index (κ3) is 3.98. The van der Waals surface area contributed by atoms with Crippen LogP contribution in [-0.4, -0.2) is 68.0 Å². The van der Waals surface area contributed by atoms with Crippen molar-refractivity contribution >= 4 is 17.8 Å². The summed E-state index contributed by atoms with van der Waals surface area (Å²) >= 11 is 0. The molecule has 0 bridgehead atoms. The fourth-order valence-corrected chi connectivity index (χ4v) is 5.91. The molecule has 3 aliphatic rings. The molecule has 1 fully saturated rings. The summed E-state index contributed by atoms with van der Waals surface area (Å²) in [5.41, 5.74) is 3.31. The number of carbonyl (C=O) groups is 3. The standard InChI is InChI=1S/C28H32N2O6/c1-4-36-28(33)18-9-12-29(13-10-18)27(32)24-20-15-22(34-2)23(35-3)16-21(20)26(31)30-14-11-17-7-5-6-8-19(17)25(24)30/h5-8,15-16,18,24-25H,4,9-14H2,1-3H3. The zero-order chi connectivity index (χ0) is 25.4. The topological polar surface area (TPSA) is 85.4 Å². The van der Waals surface area contributed by atoms with Crippen LogP contribution >= 0.6 is 0 Å². The number of benzene rings is 2. The lowest BCUT2D eigenvalue weighted by molar-refractivity contribution is -0.151. The van der Waals surface area contributed by atoms with Crippen molar-refractivity contribution < 1.29 is 28.6 Å². The summed E-state index contributed by atoms with van der Waals surface area (Å²) in [4.78, 5) is 43.9. The van der Waals surface area contributed by atoms with E-state index in [4.69, 9.17) is 14.2 Å². The van der Waals surface area contributed by atoms with E-state index in [2.05, 4.69) is 6.07 Å². The fraction of sp³-hybridized carbons (Fsp3) is 0.464. The largest absolute Gasteiger partial charge is 0.493 e. The molecule has 5 rings (SSSR count). The van der Waals surface area contributed by atoms with Crippen molar-refractivity contribution in [2.24, 2.45) is 5.92 Å². The Morgan fingerprint density at radius 2 is 1.67 bits per heavy atom. The predicted molar refractivity (Wildman–Crippen MR) is 132 cm³/mol. The summed E-state index contributed by atoms with van der Waals surface area (Å²) in [6, 6.07) is 11.1. The number of hydrogen-bond donors (Lipinski definition) is 0. The quantitative estimate of drug-likeness (QED) is 0.596. The first-order chi connectivity index (χ1) is 17.5. The predicted octanol–water partition coefficient (Wildman–Crippen LogP) is 3.34. The van der Waals surface area contributed by atoms with E-state index in [0.717, 1.165) is 17.5 Å². The van der Waals surface area contributed by atoms with Crippen LogP contribution < -0.4 is 9.47 Å². The van der Waals surface area contributed by atoms with Gasteiger partial charge in [0.15, 0.2) is 11.5 Å². The van der Waals surface area contributed by atoms with Crippen molar-refractivity contribution in [3.63, 3.8) is 0 Å². The summed E-state index contributed by atoms with van der Waals surface area (Å²) in [5, 5.41) is 0. The number of hydrogen-bond acceptors (Lipinski definition) is 6. The van der Waals surface area contributed by atoms with Crippen LogP contribution in [-0.2, 0) is 20.7 Å². The zero-order valence-electron chi connectivity index (χ0n) is 21.0. The summed E-state index contributed by atoms with van der Waals surface area (Å²) in [5.74, 6) is -0.158. The van der Waals surface area contributed by atoms with Crippen LogP contribution in [0.5, 0.6) is 11.5 Å². The van der Waals surface area contributed by atoms with E-state index >= 15 is 0 Å². The number of fused-ring (bicyclic) bond motifs is 4. The van der Waals surface area contributed by atoms with Crippen LogP contribution in [0.1, 0.15) is 58.8 Å². The molecule has 0 aliphatic carbocycles. The second-order valence-electron chi connectivity index (χ2n) is 9.52. The Balaban J connectivity index is 1.56. The number of likely N-dealkylation sites (tertiary alicyclic amines) is 1. The number of rotatable bonds is 5. The van der Waals surface area contributed by atoms with Gasteiger partial charge in [0.2, 0.25) is 5.91 Å². The Morgan fingerprint density at radius 1 is 0.972 bits per heavy atom. The van der Waals surface area contributed by atoms with Gasteiger partial charge in [0.25, 0.3) is 5.91 Å². The molecule has 8 nitrogen and oxygen atoms in total. The maximum absolute atomic E-state index is 14.2. The highest BCUT2D eigenvalue weighted by molar-refractivity contribution is 6.02. The normalized spacial score (nSPS) is 21.2. The summed E-state index contributed by atoms with van der Waals surface area (Å²) < 4.78 is 16.2. The van der Waals surface area contributed by atoms with Crippen LogP contribution in [0.25, 0.3) is 0 Å². The lowest BCUT2D eigenvalue weighted by Gasteiger charge is -2.46. The van der Waals surface area contributed by atoms with E-state index in [0.29, 0.717) is 61.7 Å². The van der Waals surface area contributed by atoms with Crippen molar-refractivity contribution in [3.8, 4) is 11.5 Å². The van der Waals surface area contributed by atoms with E-state index in [9.17, 15) is 14.4 Å². The minimum atomic E-state index is -0.585. The van der Waals surface area contributed by atoms with Crippen LogP contribution in [0, 0.1) is 5.92 Å². The lowest BCUT2D eigenvalue weighted by atomic mass is 9.75. The minimum absolute atomic E-state index is 0.0371. The lowest BCUT2D eigenvalue weighted by Crippen LogP contribution is -2.52. The molecule has 2 aromatic carbocycles. The summed E-state index contributed by atoms with van der Waals surface area (Å²) in [7, 11) is 3.09. The van der Waals surface area contributed by atoms with Gasteiger partial charge in [-0.1, -0.05) is 24.3 Å². The first-order valence-corrected chi connectivity index (χ1v) is 12.6. The second kappa shape index (κ2) is 9.84. The Kier molecular flexibility index (Phi) is 6.60. The van der Waals surface area contributed by atoms with E-state index in [1.54, 1.807) is 26.2 Å². The first kappa shape index (κ1) is 24.2. The van der Waals surface area contributed by atoms with Crippen molar-refractivity contribution in [1.82, 2.24) is 9.80 Å². The molecule has 0 aromatic heterocycles. The average molecular weight is 493 g/mol. The smallest absolute Gasteiger partial charge is 0.309 e. The molecule has 2 unspecified atom stereocenters. The molecule has 0 N–H and O–H groups in total. The zero-order valence-corrected chi connectivity index (χ0v) is 21.0. The van der Waals surface area contributed by atoms with E-state index < -0.39 is 12.0 Å². The highest BCUT2D eigenvalue weighted by Crippen LogP contribution is 2.49. The van der Waals surface area contributed by atoms with Crippen LogP contribution in [0.2, 0.25) is 0 Å². The molecule has 0 radical (unpaired) electrons. The van der Waals surface area contributed by atoms with E-state index in [-0.39, 0.29) is 23.7 Å². The Labute approximate surface area is 211 Å². The molecule has 2 amide bonds. The molecule has 36 heavy (non-hydrogen) atoms. The number of ether oxygens (including phenoxy) is 3. The molecule has 2 aromatic rings. The molecule has 2 atom stereocenters. The van der Waals surface area contributed by atoms with Crippen molar-refractivity contribution in [2.45, 2.75) is 38.1 Å². The average Bonchev–Trinajstić information content (AvgIpc) is 2.92. The third-order valence-corrected chi connectivity index (χ3v) is 7.72. The summed E-state index contributed by atoms with van der Waals surface area (Å²) in [6.07, 6.45) is 1.88. The van der Waals surface area contributed by atoms with Crippen molar-refractivity contribution in [3.05, 3.63) is 58.7 Å². The number of piperidine rings is 1. The number of esters is 1. The van der Waals surface area contributed by atoms with E-state index in [1.165, 1.54) is 7.11 Å². The Bertz CT molecular complexity index is 1190. The molecule has 3 heterocycles. The van der Waals surface area contributed by atoms with Crippen LogP contribution in [0.15, 0.2) is 36.4 Å². The number of methoxy groups -OCH3 is 2. The number of amides is 2. The van der Waals surface area contributed by atoms with Gasteiger partial charge in [-0.15, -0.1) is 0 Å². The molecular weight excluding hydrogens is 460 g/mol. The molecule has 0 saturated carbocycles. The SMILES string of the molecule is CCOC(=O)C1CCN(C(=O)C2c3cc(OC)c(OC)cc3C(=O)N3CCc4ccccc4C23)CC1. The highest BCUT2D eigenvalue weighted by Gasteiger charge is 2.48. The molecule has 1 saturated heterocycles. The van der Waals surface area contributed by atoms with Gasteiger partial charge in [-0.3, -0.25) is 14.4 Å². The second-order valence-corrected chi connectivity index (χ2v) is 9.52. The van der Waals surface area contributed by atoms with Crippen molar-refractivity contribution in [2.75, 3.05) is 40.5 Å². The van der Waals surface area contributed by atoms with Gasteiger partial charge < -0.3 is 24.0 Å². The highest BCUT2D eigenvalue weighted by atomic mass is 16.5. The van der Waals surface area contributed by atoms with E-state index in [1.807, 2.05) is 28.0 Å². The number of nitrogens with zero attached hydrogens (tertiary/aromatic N) is 2. The van der Waals surface area contributed by atoms with Gasteiger partial charge in [0.1, 0.15) is 0 Å². The van der Waals surface area contributed by atoms with Gasteiger partial charge in [-0.25, -0.2) is 0 Å². The fourth-order valence-electron chi connectivity index (χ4n) is 5.91. The van der Waals surface area contributed by atoms with Crippen molar-refractivity contribution in [1.29, 1.82) is 0 Å². The molecule has 8 heteroatoms. The van der Waals surface area contributed by atoms with Gasteiger partial charge in [-0.2, -0.15) is 0 Å². The number of carbonyl (C=O) groups excluding carboxylic acids is 3. The molecular formula is C28H32N2O6. The van der Waals surface area contributed by atoms with Crippen LogP contribution in [0.4, 0.5) is 0 Å². The monoisotopic (exact) mass is 492 g/mol. The van der Waals surface area contributed by atoms with Gasteiger partial charge in [-0.05, 0) is 55.0 Å². The summed E-state index contributed by atoms with van der Waals surface area (Å²) in [6.45, 7) is 3.65. The third-order valence-electron chi connectivity index (χ3n) is 7.72. The van der Waals surface area contributed by atoms with Gasteiger partial charge >= 0.3 is 5.97 Å². The molecule has 0 spiro atoms. The Hall–Kier alpha value is -3.55. The van der Waals surface area contributed by atoms with Gasteiger partial charge in [0.05, 0.1) is 38.7 Å². The maximum Gasteiger partial charge on any atom is 0.309 e. The first-order valence-electron chi connectivity index (χ1n) is 12.6. The van der Waals surface area contributed by atoms with Gasteiger partial charge in [0, 0.05) is 25.2 Å².